The van der Waals surface area contributed by atoms with Gasteiger partial charge in [-0.15, -0.1) is 0 Å². The van der Waals surface area contributed by atoms with E-state index in [2.05, 4.69) is 20.4 Å². The number of carbonyl (C=O) groups excluding carboxylic acids is 1. The van der Waals surface area contributed by atoms with Crippen LogP contribution in [0.5, 0.6) is 5.75 Å². The second-order valence-electron chi connectivity index (χ2n) is 5.13. The summed E-state index contributed by atoms with van der Waals surface area (Å²) in [5, 5.41) is 5.75. The molecule has 1 rings (SSSR count). The molecule has 0 atom stereocenters. The highest BCUT2D eigenvalue weighted by atomic mass is 19.3. The zero-order valence-corrected chi connectivity index (χ0v) is 14.2. The molecule has 0 unspecified atom stereocenters. The standard InChI is InChI=1S/C16H24F2N4O2/c1-4-9-20-14(23)10-21-16(19-2)22(3)11-12-5-7-13(8-6-12)24-15(17)18/h5-8,15H,4,9-11H2,1-3H3,(H,19,21)(H,20,23). The van der Waals surface area contributed by atoms with Crippen molar-refractivity contribution in [1.29, 1.82) is 0 Å². The Kier molecular flexibility index (Phi) is 8.53. The van der Waals surface area contributed by atoms with E-state index in [0.717, 1.165) is 12.0 Å². The molecule has 0 aromatic heterocycles. The average Bonchev–Trinajstić information content (AvgIpc) is 2.54. The van der Waals surface area contributed by atoms with Crippen LogP contribution in [0.25, 0.3) is 0 Å². The average molecular weight is 342 g/mol. The molecule has 0 saturated heterocycles. The fraction of sp³-hybridized carbons (Fsp3) is 0.500. The minimum atomic E-state index is -2.83. The molecule has 134 valence electrons. The molecule has 0 spiro atoms. The zero-order valence-electron chi connectivity index (χ0n) is 14.2. The van der Waals surface area contributed by atoms with E-state index in [9.17, 15) is 13.6 Å². The van der Waals surface area contributed by atoms with Crippen LogP contribution in [0.2, 0.25) is 0 Å². The summed E-state index contributed by atoms with van der Waals surface area (Å²) in [6.45, 7) is 0.434. The fourth-order valence-electron chi connectivity index (χ4n) is 2.00. The van der Waals surface area contributed by atoms with Crippen LogP contribution in [0.1, 0.15) is 18.9 Å². The Morgan fingerprint density at radius 2 is 1.96 bits per heavy atom. The van der Waals surface area contributed by atoms with E-state index < -0.39 is 6.61 Å². The topological polar surface area (TPSA) is 66.0 Å². The van der Waals surface area contributed by atoms with Gasteiger partial charge in [-0.3, -0.25) is 9.79 Å². The van der Waals surface area contributed by atoms with Crippen LogP contribution >= 0.6 is 0 Å². The number of hydrogen-bond donors (Lipinski definition) is 2. The van der Waals surface area contributed by atoms with Gasteiger partial charge >= 0.3 is 6.61 Å². The van der Waals surface area contributed by atoms with Crippen LogP contribution in [-0.2, 0) is 11.3 Å². The third-order valence-corrected chi connectivity index (χ3v) is 3.12. The number of hydrogen-bond acceptors (Lipinski definition) is 3. The lowest BCUT2D eigenvalue weighted by molar-refractivity contribution is -0.120. The van der Waals surface area contributed by atoms with Gasteiger partial charge in [-0.1, -0.05) is 19.1 Å². The van der Waals surface area contributed by atoms with E-state index in [-0.39, 0.29) is 18.2 Å². The molecule has 1 aromatic carbocycles. The number of amides is 1. The van der Waals surface area contributed by atoms with Crippen LogP contribution in [0.4, 0.5) is 8.78 Å². The van der Waals surface area contributed by atoms with Crippen LogP contribution < -0.4 is 15.4 Å². The zero-order chi connectivity index (χ0) is 17.9. The number of alkyl halides is 2. The quantitative estimate of drug-likeness (QED) is 0.559. The number of halogens is 2. The van der Waals surface area contributed by atoms with Gasteiger partial charge in [0.1, 0.15) is 5.75 Å². The molecule has 2 N–H and O–H groups in total. The minimum absolute atomic E-state index is 0.0973. The molecule has 0 bridgehead atoms. The molecule has 0 aliphatic rings. The summed E-state index contributed by atoms with van der Waals surface area (Å²) in [7, 11) is 3.45. The molecule has 1 amide bonds. The lowest BCUT2D eigenvalue weighted by atomic mass is 10.2. The molecule has 0 aliphatic heterocycles. The first kappa shape index (κ1) is 19.7. The third-order valence-electron chi connectivity index (χ3n) is 3.12. The first-order chi connectivity index (χ1) is 11.5. The van der Waals surface area contributed by atoms with E-state index in [1.807, 2.05) is 18.9 Å². The Morgan fingerprint density at radius 1 is 1.29 bits per heavy atom. The van der Waals surface area contributed by atoms with Crippen molar-refractivity contribution in [2.45, 2.75) is 26.5 Å². The molecule has 0 aliphatic carbocycles. The summed E-state index contributed by atoms with van der Waals surface area (Å²) in [6, 6.07) is 6.39. The number of ether oxygens (including phenoxy) is 1. The van der Waals surface area contributed by atoms with Crippen molar-refractivity contribution in [2.75, 3.05) is 27.2 Å². The van der Waals surface area contributed by atoms with Crippen LogP contribution in [0.3, 0.4) is 0 Å². The highest BCUT2D eigenvalue weighted by Crippen LogP contribution is 2.15. The third kappa shape index (κ3) is 7.26. The van der Waals surface area contributed by atoms with E-state index in [0.29, 0.717) is 19.0 Å². The SMILES string of the molecule is CCCNC(=O)CNC(=NC)N(C)Cc1ccc(OC(F)F)cc1. The van der Waals surface area contributed by atoms with Gasteiger partial charge in [-0.05, 0) is 24.1 Å². The van der Waals surface area contributed by atoms with Crippen molar-refractivity contribution >= 4 is 11.9 Å². The highest BCUT2D eigenvalue weighted by molar-refractivity contribution is 5.86. The molecule has 0 heterocycles. The Balaban J connectivity index is 2.51. The van der Waals surface area contributed by atoms with E-state index in [4.69, 9.17) is 0 Å². The Hall–Kier alpha value is -2.38. The van der Waals surface area contributed by atoms with Crippen molar-refractivity contribution < 1.29 is 18.3 Å². The van der Waals surface area contributed by atoms with Crippen molar-refractivity contribution in [3.8, 4) is 5.75 Å². The van der Waals surface area contributed by atoms with Gasteiger partial charge in [0.15, 0.2) is 5.96 Å². The predicted octanol–water partition coefficient (Wildman–Crippen LogP) is 1.82. The van der Waals surface area contributed by atoms with Crippen molar-refractivity contribution in [1.82, 2.24) is 15.5 Å². The number of nitrogens with zero attached hydrogens (tertiary/aromatic N) is 2. The molecular formula is C16H24F2N4O2. The Bertz CT molecular complexity index is 535. The summed E-state index contributed by atoms with van der Waals surface area (Å²) >= 11 is 0. The number of guanidine groups is 1. The second-order valence-corrected chi connectivity index (χ2v) is 5.13. The lowest BCUT2D eigenvalue weighted by Gasteiger charge is -2.22. The minimum Gasteiger partial charge on any atom is -0.435 e. The van der Waals surface area contributed by atoms with Gasteiger partial charge < -0.3 is 20.3 Å². The van der Waals surface area contributed by atoms with Crippen molar-refractivity contribution in [3.05, 3.63) is 29.8 Å². The molecule has 0 saturated carbocycles. The summed E-state index contributed by atoms with van der Waals surface area (Å²) < 4.78 is 28.6. The first-order valence-corrected chi connectivity index (χ1v) is 7.68. The van der Waals surface area contributed by atoms with Gasteiger partial charge in [0.05, 0.1) is 6.54 Å². The summed E-state index contributed by atoms with van der Waals surface area (Å²) in [5.74, 6) is 0.584. The Morgan fingerprint density at radius 3 is 2.50 bits per heavy atom. The van der Waals surface area contributed by atoms with E-state index >= 15 is 0 Å². The van der Waals surface area contributed by atoms with E-state index in [1.165, 1.54) is 12.1 Å². The van der Waals surface area contributed by atoms with E-state index in [1.54, 1.807) is 19.2 Å². The van der Waals surface area contributed by atoms with Crippen molar-refractivity contribution in [3.63, 3.8) is 0 Å². The molecule has 1 aromatic rings. The van der Waals surface area contributed by atoms with Crippen LogP contribution in [0, 0.1) is 0 Å². The summed E-state index contributed by atoms with van der Waals surface area (Å²) in [4.78, 5) is 17.6. The largest absolute Gasteiger partial charge is 0.435 e. The smallest absolute Gasteiger partial charge is 0.387 e. The van der Waals surface area contributed by atoms with Gasteiger partial charge in [0.25, 0.3) is 0 Å². The van der Waals surface area contributed by atoms with Crippen LogP contribution in [-0.4, -0.2) is 50.6 Å². The molecule has 8 heteroatoms. The molecule has 0 fully saturated rings. The molecule has 24 heavy (non-hydrogen) atoms. The van der Waals surface area contributed by atoms with Gasteiger partial charge in [0, 0.05) is 27.2 Å². The number of benzene rings is 1. The predicted molar refractivity (Wildman–Crippen MR) is 89.2 cm³/mol. The maximum absolute atomic E-state index is 12.1. The fourth-order valence-corrected chi connectivity index (χ4v) is 2.00. The number of carbonyl (C=O) groups is 1. The number of rotatable bonds is 8. The first-order valence-electron chi connectivity index (χ1n) is 7.68. The number of nitrogens with one attached hydrogen (secondary N) is 2. The molecule has 0 radical (unpaired) electrons. The van der Waals surface area contributed by atoms with Crippen molar-refractivity contribution in [2.24, 2.45) is 4.99 Å². The summed E-state index contributed by atoms with van der Waals surface area (Å²) in [6.07, 6.45) is 0.881. The maximum atomic E-state index is 12.1. The van der Waals surface area contributed by atoms with Gasteiger partial charge in [-0.2, -0.15) is 8.78 Å². The van der Waals surface area contributed by atoms with Crippen LogP contribution in [0.15, 0.2) is 29.3 Å². The summed E-state index contributed by atoms with van der Waals surface area (Å²) in [5.41, 5.74) is 0.900. The van der Waals surface area contributed by atoms with Gasteiger partial charge in [-0.25, -0.2) is 0 Å². The highest BCUT2D eigenvalue weighted by Gasteiger charge is 2.09. The monoisotopic (exact) mass is 342 g/mol. The lowest BCUT2D eigenvalue weighted by Crippen LogP contribution is -2.43. The Labute approximate surface area is 140 Å². The maximum Gasteiger partial charge on any atom is 0.387 e. The van der Waals surface area contributed by atoms with Gasteiger partial charge in [0.2, 0.25) is 5.91 Å². The number of aliphatic imine (C=N–C) groups is 1. The second kappa shape index (κ2) is 10.4. The normalized spacial score (nSPS) is 11.3. The molecule has 6 nitrogen and oxygen atoms in total. The molecular weight excluding hydrogens is 318 g/mol.